The van der Waals surface area contributed by atoms with Gasteiger partial charge in [0.1, 0.15) is 5.82 Å². The van der Waals surface area contributed by atoms with Crippen LogP contribution in [0, 0.1) is 5.82 Å². The Kier molecular flexibility index (Phi) is 4.89. The van der Waals surface area contributed by atoms with Crippen LogP contribution >= 0.6 is 11.3 Å². The Morgan fingerprint density at radius 3 is 2.84 bits per heavy atom. The van der Waals surface area contributed by atoms with Crippen molar-refractivity contribution in [3.8, 4) is 0 Å². The fourth-order valence-electron chi connectivity index (χ4n) is 2.20. The van der Waals surface area contributed by atoms with Crippen LogP contribution in [-0.2, 0) is 11.2 Å². The minimum atomic E-state index is -0.751. The molecule has 0 saturated carbocycles. The number of nitrogens with one attached hydrogen (secondary N) is 3. The molecule has 0 bridgehead atoms. The second kappa shape index (κ2) is 7.26. The molecule has 0 aliphatic carbocycles. The lowest BCUT2D eigenvalue weighted by Crippen LogP contribution is -2.42. The zero-order valence-corrected chi connectivity index (χ0v) is 13.7. The van der Waals surface area contributed by atoms with Gasteiger partial charge in [0.25, 0.3) is 5.91 Å². The smallest absolute Gasteiger partial charge is 0.323 e. The van der Waals surface area contributed by atoms with Crippen LogP contribution in [0.4, 0.5) is 14.3 Å². The van der Waals surface area contributed by atoms with E-state index in [0.29, 0.717) is 23.9 Å². The topological polar surface area (TPSA) is 103 Å². The number of rotatable bonds is 4. The molecule has 0 radical (unpaired) electrons. The number of amides is 4. The molecule has 2 heterocycles. The number of carbonyl (C=O) groups is 3. The maximum atomic E-state index is 13.5. The van der Waals surface area contributed by atoms with Crippen LogP contribution in [0.5, 0.6) is 0 Å². The van der Waals surface area contributed by atoms with Crippen molar-refractivity contribution in [2.75, 3.05) is 18.0 Å². The molecule has 8 nitrogen and oxygen atoms in total. The van der Waals surface area contributed by atoms with E-state index in [1.54, 1.807) is 5.38 Å². The first-order valence-corrected chi connectivity index (χ1v) is 8.26. The third-order valence-electron chi connectivity index (χ3n) is 3.40. The van der Waals surface area contributed by atoms with Crippen LogP contribution in [0.2, 0.25) is 0 Å². The van der Waals surface area contributed by atoms with Gasteiger partial charge in [-0.3, -0.25) is 25.3 Å². The number of benzene rings is 1. The van der Waals surface area contributed by atoms with Gasteiger partial charge < -0.3 is 5.32 Å². The first kappa shape index (κ1) is 16.8. The molecule has 1 aliphatic heterocycles. The highest BCUT2D eigenvalue weighted by atomic mass is 32.1. The summed E-state index contributed by atoms with van der Waals surface area (Å²) in [6.07, 6.45) is -0.0799. The van der Waals surface area contributed by atoms with E-state index in [1.165, 1.54) is 34.4 Å². The number of thiazole rings is 1. The molecule has 1 aliphatic rings. The maximum Gasteiger partial charge on any atom is 0.323 e. The molecule has 10 heteroatoms. The third-order valence-corrected chi connectivity index (χ3v) is 4.32. The minimum Gasteiger partial charge on any atom is -0.336 e. The number of carbonyl (C=O) groups excluding carboxylic acids is 3. The van der Waals surface area contributed by atoms with E-state index in [9.17, 15) is 18.8 Å². The van der Waals surface area contributed by atoms with Crippen LogP contribution in [0.15, 0.2) is 29.6 Å². The van der Waals surface area contributed by atoms with E-state index in [0.717, 1.165) is 6.07 Å². The molecule has 3 N–H and O–H groups in total. The SMILES string of the molecule is O=C(Cc1csc(N2CCNC2=O)n1)NNC(=O)c1ccccc1F. The van der Waals surface area contributed by atoms with Crippen LogP contribution in [-0.4, -0.2) is 35.9 Å². The number of hydrogen-bond acceptors (Lipinski definition) is 5. The molecular weight excluding hydrogens is 349 g/mol. The molecule has 1 aromatic heterocycles. The summed E-state index contributed by atoms with van der Waals surface area (Å²) in [7, 11) is 0. The molecule has 1 saturated heterocycles. The standard InChI is InChI=1S/C15H14FN5O3S/c16-11-4-2-1-3-10(11)13(23)20-19-12(22)7-9-8-25-15(18-9)21-6-5-17-14(21)24/h1-4,8H,5-7H2,(H,17,24)(H,19,22)(H,20,23). The predicted molar refractivity (Wildman–Crippen MR) is 88.6 cm³/mol. The summed E-state index contributed by atoms with van der Waals surface area (Å²) in [5, 5.41) is 4.84. The molecule has 3 rings (SSSR count). The fraction of sp³-hybridized carbons (Fsp3) is 0.200. The Hall–Kier alpha value is -3.01. The quantitative estimate of drug-likeness (QED) is 0.700. The molecule has 2 aromatic rings. The molecule has 0 spiro atoms. The second-order valence-corrected chi connectivity index (χ2v) is 6.00. The Morgan fingerprint density at radius 1 is 1.32 bits per heavy atom. The highest BCUT2D eigenvalue weighted by molar-refractivity contribution is 7.14. The summed E-state index contributed by atoms with van der Waals surface area (Å²) in [6, 6.07) is 5.23. The van der Waals surface area contributed by atoms with E-state index < -0.39 is 17.6 Å². The van der Waals surface area contributed by atoms with Crippen LogP contribution in [0.1, 0.15) is 16.1 Å². The molecule has 4 amide bonds. The highest BCUT2D eigenvalue weighted by Gasteiger charge is 2.24. The third kappa shape index (κ3) is 3.91. The van der Waals surface area contributed by atoms with E-state index >= 15 is 0 Å². The molecule has 0 atom stereocenters. The lowest BCUT2D eigenvalue weighted by molar-refractivity contribution is -0.121. The van der Waals surface area contributed by atoms with Crippen molar-refractivity contribution in [1.82, 2.24) is 21.2 Å². The Morgan fingerprint density at radius 2 is 2.12 bits per heavy atom. The van der Waals surface area contributed by atoms with Gasteiger partial charge in [0.15, 0.2) is 5.13 Å². The Balaban J connectivity index is 1.53. The van der Waals surface area contributed by atoms with Gasteiger partial charge in [-0.25, -0.2) is 14.2 Å². The van der Waals surface area contributed by atoms with E-state index in [4.69, 9.17) is 0 Å². The average Bonchev–Trinajstić information content (AvgIpc) is 3.21. The maximum absolute atomic E-state index is 13.5. The molecule has 0 unspecified atom stereocenters. The first-order valence-electron chi connectivity index (χ1n) is 7.38. The van der Waals surface area contributed by atoms with Crippen molar-refractivity contribution in [3.63, 3.8) is 0 Å². The van der Waals surface area contributed by atoms with Crippen LogP contribution in [0.3, 0.4) is 0 Å². The van der Waals surface area contributed by atoms with Crippen molar-refractivity contribution < 1.29 is 18.8 Å². The zero-order chi connectivity index (χ0) is 17.8. The summed E-state index contributed by atoms with van der Waals surface area (Å²) in [4.78, 5) is 41.0. The Bertz CT molecular complexity index is 825. The molecule has 25 heavy (non-hydrogen) atoms. The number of anilines is 1. The van der Waals surface area contributed by atoms with Gasteiger partial charge in [-0.15, -0.1) is 11.3 Å². The van der Waals surface area contributed by atoms with Gasteiger partial charge >= 0.3 is 6.03 Å². The first-order chi connectivity index (χ1) is 12.0. The number of nitrogens with zero attached hydrogens (tertiary/aromatic N) is 2. The number of halogens is 1. The van der Waals surface area contributed by atoms with Crippen molar-refractivity contribution in [2.45, 2.75) is 6.42 Å². The van der Waals surface area contributed by atoms with Gasteiger partial charge in [0.05, 0.1) is 17.7 Å². The fourth-order valence-corrected chi connectivity index (χ4v) is 3.05. The van der Waals surface area contributed by atoms with Crippen molar-refractivity contribution >= 4 is 34.3 Å². The van der Waals surface area contributed by atoms with E-state index in [2.05, 4.69) is 21.2 Å². The molecule has 130 valence electrons. The summed E-state index contributed by atoms with van der Waals surface area (Å²) in [5.74, 6) is -1.94. The number of aromatic nitrogens is 1. The monoisotopic (exact) mass is 363 g/mol. The minimum absolute atomic E-state index is 0.0799. The normalized spacial score (nSPS) is 13.5. The van der Waals surface area contributed by atoms with Crippen LogP contribution < -0.4 is 21.1 Å². The summed E-state index contributed by atoms with van der Waals surface area (Å²) >= 11 is 1.25. The predicted octanol–water partition coefficient (Wildman–Crippen LogP) is 0.815. The van der Waals surface area contributed by atoms with Crippen LogP contribution in [0.25, 0.3) is 0 Å². The summed E-state index contributed by atoms with van der Waals surface area (Å²) in [5.41, 5.74) is 4.66. The Labute approximate surface area is 146 Å². The van der Waals surface area contributed by atoms with E-state index in [1.807, 2.05) is 0 Å². The number of urea groups is 1. The van der Waals surface area contributed by atoms with Gasteiger partial charge in [-0.1, -0.05) is 12.1 Å². The molecule has 1 aromatic carbocycles. The molecule has 1 fully saturated rings. The largest absolute Gasteiger partial charge is 0.336 e. The second-order valence-electron chi connectivity index (χ2n) is 5.16. The summed E-state index contributed by atoms with van der Waals surface area (Å²) < 4.78 is 13.5. The van der Waals surface area contributed by atoms with Gasteiger partial charge in [0.2, 0.25) is 5.91 Å². The van der Waals surface area contributed by atoms with Crippen molar-refractivity contribution in [3.05, 3.63) is 46.7 Å². The van der Waals surface area contributed by atoms with Crippen molar-refractivity contribution in [2.24, 2.45) is 0 Å². The van der Waals surface area contributed by atoms with Crippen molar-refractivity contribution in [1.29, 1.82) is 0 Å². The zero-order valence-electron chi connectivity index (χ0n) is 12.9. The molecular formula is C15H14FN5O3S. The van der Waals surface area contributed by atoms with Gasteiger partial charge in [-0.05, 0) is 12.1 Å². The number of hydrogen-bond donors (Lipinski definition) is 3. The number of hydrazine groups is 1. The van der Waals surface area contributed by atoms with E-state index in [-0.39, 0.29) is 18.0 Å². The lowest BCUT2D eigenvalue weighted by Gasteiger charge is -2.09. The van der Waals surface area contributed by atoms with Gasteiger partial charge in [0, 0.05) is 18.5 Å². The summed E-state index contributed by atoms with van der Waals surface area (Å²) in [6.45, 7) is 1.08. The lowest BCUT2D eigenvalue weighted by atomic mass is 10.2. The van der Waals surface area contributed by atoms with Gasteiger partial charge in [-0.2, -0.15) is 0 Å². The average molecular weight is 363 g/mol. The highest BCUT2D eigenvalue weighted by Crippen LogP contribution is 2.22.